The fraction of sp³-hybridized carbons (Fsp3) is 0.294. The summed E-state index contributed by atoms with van der Waals surface area (Å²) in [6, 6.07) is 11.3. The molecule has 1 N–H and O–H groups in total. The molecule has 0 spiro atoms. The van der Waals surface area contributed by atoms with Gasteiger partial charge in [-0.25, -0.2) is 0 Å². The molecule has 1 aliphatic heterocycles. The van der Waals surface area contributed by atoms with E-state index in [1.807, 2.05) is 41.8 Å². The number of rotatable bonds is 3. The maximum absolute atomic E-state index is 12.7. The van der Waals surface area contributed by atoms with E-state index in [1.54, 1.807) is 16.2 Å². The van der Waals surface area contributed by atoms with Gasteiger partial charge in [-0.15, -0.1) is 11.3 Å². The zero-order valence-electron chi connectivity index (χ0n) is 12.4. The normalized spacial score (nSPS) is 17.0. The summed E-state index contributed by atoms with van der Waals surface area (Å²) in [7, 11) is 0. The van der Waals surface area contributed by atoms with E-state index in [9.17, 15) is 9.59 Å². The Morgan fingerprint density at radius 2 is 2.09 bits per heavy atom. The number of nitrogens with zero attached hydrogens (tertiary/aromatic N) is 1. The van der Waals surface area contributed by atoms with Crippen LogP contribution in [0.5, 0.6) is 0 Å². The van der Waals surface area contributed by atoms with E-state index < -0.39 is 6.04 Å². The molecule has 3 rings (SSSR count). The lowest BCUT2D eigenvalue weighted by atomic mass is 9.92. The largest absolute Gasteiger partial charge is 0.349 e. The number of amides is 2. The van der Waals surface area contributed by atoms with Gasteiger partial charge in [-0.1, -0.05) is 30.3 Å². The third-order valence-electron chi connectivity index (χ3n) is 3.95. The topological polar surface area (TPSA) is 49.4 Å². The van der Waals surface area contributed by atoms with E-state index in [1.165, 1.54) is 6.92 Å². The van der Waals surface area contributed by atoms with Crippen LogP contribution in [0.2, 0.25) is 0 Å². The van der Waals surface area contributed by atoms with Crippen LogP contribution in [0.4, 0.5) is 0 Å². The van der Waals surface area contributed by atoms with Crippen molar-refractivity contribution in [1.29, 1.82) is 0 Å². The van der Waals surface area contributed by atoms with Crippen LogP contribution >= 0.6 is 11.3 Å². The molecule has 2 heterocycles. The van der Waals surface area contributed by atoms with E-state index in [-0.39, 0.29) is 11.8 Å². The van der Waals surface area contributed by atoms with Gasteiger partial charge in [0.15, 0.2) is 0 Å². The molecule has 114 valence electrons. The number of benzene rings is 1. The third-order valence-corrected chi connectivity index (χ3v) is 4.83. The van der Waals surface area contributed by atoms with Crippen LogP contribution in [0, 0.1) is 0 Å². The van der Waals surface area contributed by atoms with E-state index in [2.05, 4.69) is 5.32 Å². The minimum Gasteiger partial charge on any atom is -0.349 e. The highest BCUT2D eigenvalue weighted by Crippen LogP contribution is 2.30. The molecule has 0 fully saturated rings. The zero-order chi connectivity index (χ0) is 15.5. The zero-order valence-corrected chi connectivity index (χ0v) is 13.2. The summed E-state index contributed by atoms with van der Waals surface area (Å²) < 4.78 is 0. The first-order chi connectivity index (χ1) is 10.7. The molecule has 2 amide bonds. The van der Waals surface area contributed by atoms with Crippen molar-refractivity contribution in [2.24, 2.45) is 0 Å². The molecule has 1 aromatic heterocycles. The summed E-state index contributed by atoms with van der Waals surface area (Å²) in [6.07, 6.45) is 0.796. The summed E-state index contributed by atoms with van der Waals surface area (Å²) in [6.45, 7) is 2.61. The Bertz CT molecular complexity index is 682. The molecule has 1 aliphatic rings. The number of carbonyl (C=O) groups is 2. The Labute approximate surface area is 133 Å². The van der Waals surface area contributed by atoms with Crippen LogP contribution in [-0.4, -0.2) is 23.3 Å². The third kappa shape index (κ3) is 2.90. The predicted molar refractivity (Wildman–Crippen MR) is 86.4 cm³/mol. The highest BCUT2D eigenvalue weighted by Gasteiger charge is 2.34. The summed E-state index contributed by atoms with van der Waals surface area (Å²) in [5, 5.41) is 4.94. The second kappa shape index (κ2) is 6.32. The van der Waals surface area contributed by atoms with Crippen molar-refractivity contribution in [1.82, 2.24) is 10.2 Å². The minimum atomic E-state index is -0.526. The summed E-state index contributed by atoms with van der Waals surface area (Å²) >= 11 is 1.61. The molecule has 2 aromatic rings. The minimum absolute atomic E-state index is 0.0641. The van der Waals surface area contributed by atoms with Gasteiger partial charge in [0.05, 0.1) is 6.54 Å². The van der Waals surface area contributed by atoms with Gasteiger partial charge in [-0.05, 0) is 29.0 Å². The lowest BCUT2D eigenvalue weighted by molar-refractivity contribution is -0.139. The van der Waals surface area contributed by atoms with E-state index >= 15 is 0 Å². The van der Waals surface area contributed by atoms with Gasteiger partial charge in [-0.2, -0.15) is 0 Å². The van der Waals surface area contributed by atoms with Crippen molar-refractivity contribution in [3.63, 3.8) is 0 Å². The Kier molecular flexibility index (Phi) is 4.24. The van der Waals surface area contributed by atoms with Gasteiger partial charge in [0.25, 0.3) is 0 Å². The smallest absolute Gasteiger partial charge is 0.247 e. The second-order valence-electron chi connectivity index (χ2n) is 5.36. The number of fused-ring (bicyclic) bond motifs is 1. The van der Waals surface area contributed by atoms with Gasteiger partial charge in [0, 0.05) is 18.3 Å². The fourth-order valence-corrected chi connectivity index (χ4v) is 3.52. The van der Waals surface area contributed by atoms with Gasteiger partial charge in [-0.3, -0.25) is 9.59 Å². The lowest BCUT2D eigenvalue weighted by Gasteiger charge is -2.35. The Hall–Kier alpha value is -2.14. The molecule has 4 nitrogen and oxygen atoms in total. The lowest BCUT2D eigenvalue weighted by Crippen LogP contribution is -2.46. The van der Waals surface area contributed by atoms with E-state index in [0.717, 1.165) is 22.4 Å². The number of nitrogens with one attached hydrogen (secondary N) is 1. The van der Waals surface area contributed by atoms with Gasteiger partial charge in [0.2, 0.25) is 11.8 Å². The SMILES string of the molecule is CC(=O)N1CCc2ccccc2[C@H]1C(=O)NCc1cccs1. The monoisotopic (exact) mass is 314 g/mol. The van der Waals surface area contributed by atoms with Crippen molar-refractivity contribution in [2.75, 3.05) is 6.54 Å². The van der Waals surface area contributed by atoms with Crippen LogP contribution in [0.1, 0.15) is 29.0 Å². The first kappa shape index (κ1) is 14.8. The molecule has 0 aliphatic carbocycles. The van der Waals surface area contributed by atoms with Crippen molar-refractivity contribution in [3.8, 4) is 0 Å². The van der Waals surface area contributed by atoms with Crippen molar-refractivity contribution < 1.29 is 9.59 Å². The second-order valence-corrected chi connectivity index (χ2v) is 6.39. The standard InChI is InChI=1S/C17H18N2O2S/c1-12(20)19-9-8-13-5-2-3-7-15(13)16(19)17(21)18-11-14-6-4-10-22-14/h2-7,10,16H,8-9,11H2,1H3,(H,18,21)/t16-/m0/s1. The molecule has 0 radical (unpaired) electrons. The fourth-order valence-electron chi connectivity index (χ4n) is 2.87. The Morgan fingerprint density at radius 1 is 1.27 bits per heavy atom. The quantitative estimate of drug-likeness (QED) is 0.946. The molecule has 1 atom stereocenters. The first-order valence-corrected chi connectivity index (χ1v) is 8.20. The predicted octanol–water partition coefficient (Wildman–Crippen LogP) is 2.51. The van der Waals surface area contributed by atoms with Crippen LogP contribution < -0.4 is 5.32 Å². The average molecular weight is 314 g/mol. The first-order valence-electron chi connectivity index (χ1n) is 7.32. The molecule has 22 heavy (non-hydrogen) atoms. The molecule has 0 saturated heterocycles. The molecular weight excluding hydrogens is 296 g/mol. The van der Waals surface area contributed by atoms with Crippen LogP contribution in [0.15, 0.2) is 41.8 Å². The van der Waals surface area contributed by atoms with Gasteiger partial charge in [0.1, 0.15) is 6.04 Å². The van der Waals surface area contributed by atoms with Crippen molar-refractivity contribution in [3.05, 3.63) is 57.8 Å². The van der Waals surface area contributed by atoms with E-state index in [4.69, 9.17) is 0 Å². The average Bonchev–Trinajstić information content (AvgIpc) is 3.04. The summed E-state index contributed by atoms with van der Waals surface area (Å²) in [4.78, 5) is 27.3. The molecular formula is C17H18N2O2S. The Morgan fingerprint density at radius 3 is 2.82 bits per heavy atom. The molecule has 0 saturated carbocycles. The highest BCUT2D eigenvalue weighted by atomic mass is 32.1. The number of carbonyl (C=O) groups excluding carboxylic acids is 2. The maximum atomic E-state index is 12.7. The van der Waals surface area contributed by atoms with Crippen LogP contribution in [0.3, 0.4) is 0 Å². The summed E-state index contributed by atoms with van der Waals surface area (Å²) in [5.41, 5.74) is 2.09. The number of thiophene rings is 1. The Balaban J connectivity index is 1.83. The molecule has 0 bridgehead atoms. The van der Waals surface area contributed by atoms with Crippen LogP contribution in [-0.2, 0) is 22.6 Å². The van der Waals surface area contributed by atoms with Gasteiger partial charge >= 0.3 is 0 Å². The maximum Gasteiger partial charge on any atom is 0.247 e. The number of hydrogen-bond acceptors (Lipinski definition) is 3. The van der Waals surface area contributed by atoms with Crippen LogP contribution in [0.25, 0.3) is 0 Å². The highest BCUT2D eigenvalue weighted by molar-refractivity contribution is 7.09. The number of hydrogen-bond donors (Lipinski definition) is 1. The molecule has 1 aromatic carbocycles. The van der Waals surface area contributed by atoms with E-state index in [0.29, 0.717) is 13.1 Å². The summed E-state index contributed by atoms with van der Waals surface area (Å²) in [5.74, 6) is -0.179. The molecule has 5 heteroatoms. The van der Waals surface area contributed by atoms with Crippen molar-refractivity contribution in [2.45, 2.75) is 25.9 Å². The molecule has 0 unspecified atom stereocenters. The van der Waals surface area contributed by atoms with Gasteiger partial charge < -0.3 is 10.2 Å². The van der Waals surface area contributed by atoms with Crippen molar-refractivity contribution >= 4 is 23.2 Å².